The summed E-state index contributed by atoms with van der Waals surface area (Å²) in [5.41, 5.74) is 2.33. The molecular weight excluding hydrogens is 698 g/mol. The molecule has 3 aliphatic heterocycles. The van der Waals surface area contributed by atoms with Gasteiger partial charge in [0, 0.05) is 71.0 Å². The maximum atomic E-state index is 13.3. The van der Waals surface area contributed by atoms with Crippen LogP contribution in [0.2, 0.25) is 5.02 Å². The first kappa shape index (κ1) is 40.6. The first-order chi connectivity index (χ1) is 25.1. The number of rotatable bonds is 7. The number of methoxy groups -OCH3 is 2. The number of pyridine rings is 1. The van der Waals surface area contributed by atoms with Gasteiger partial charge in [0.25, 0.3) is 5.91 Å². The molecule has 6 rings (SSSR count). The topological polar surface area (TPSA) is 105 Å². The number of hydrogen-bond acceptors (Lipinski definition) is 9. The van der Waals surface area contributed by atoms with Crippen molar-refractivity contribution >= 4 is 34.3 Å². The lowest BCUT2D eigenvalue weighted by atomic mass is 9.64. The number of benzene rings is 1. The molecular formula is C40H60ClN5O5S. The second kappa shape index (κ2) is 19.2. The van der Waals surface area contributed by atoms with Gasteiger partial charge in [-0.05, 0) is 92.7 Å². The number of aromatic nitrogens is 1. The maximum absolute atomic E-state index is 13.3. The second-order valence-electron chi connectivity index (χ2n) is 15.0. The fourth-order valence-corrected chi connectivity index (χ4v) is 8.98. The molecule has 2 aromatic rings. The number of anilines is 1. The van der Waals surface area contributed by atoms with Crippen molar-refractivity contribution in [2.24, 2.45) is 17.8 Å². The largest absolute Gasteiger partial charge is 0.489 e. The zero-order valence-corrected chi connectivity index (χ0v) is 33.6. The summed E-state index contributed by atoms with van der Waals surface area (Å²) < 4.78 is 33.4. The van der Waals surface area contributed by atoms with E-state index in [1.54, 1.807) is 20.3 Å². The summed E-state index contributed by atoms with van der Waals surface area (Å²) in [5.74, 6) is 1.84. The highest BCUT2D eigenvalue weighted by Gasteiger charge is 2.45. The molecule has 288 valence electrons. The van der Waals surface area contributed by atoms with Crippen LogP contribution in [0.5, 0.6) is 5.75 Å². The van der Waals surface area contributed by atoms with E-state index in [0.29, 0.717) is 36.6 Å². The highest BCUT2D eigenvalue weighted by Crippen LogP contribution is 2.46. The third-order valence-electron chi connectivity index (χ3n) is 11.5. The molecule has 1 saturated heterocycles. The highest BCUT2D eigenvalue weighted by atomic mass is 35.5. The molecule has 4 heterocycles. The van der Waals surface area contributed by atoms with Crippen LogP contribution in [-0.4, -0.2) is 104 Å². The fraction of sp³-hybridized carbons (Fsp3) is 0.650. The summed E-state index contributed by atoms with van der Waals surface area (Å²) in [7, 11) is 1.99. The first-order valence-electron chi connectivity index (χ1n) is 19.1. The van der Waals surface area contributed by atoms with Crippen molar-refractivity contribution < 1.29 is 23.2 Å². The van der Waals surface area contributed by atoms with Crippen molar-refractivity contribution in [1.82, 2.24) is 19.9 Å². The molecule has 2 fully saturated rings. The summed E-state index contributed by atoms with van der Waals surface area (Å²) in [5, 5.41) is 3.82. The molecule has 2 bridgehead atoms. The predicted octanol–water partition coefficient (Wildman–Crippen LogP) is 6.02. The Kier molecular flexibility index (Phi) is 15.0. The van der Waals surface area contributed by atoms with Crippen molar-refractivity contribution in [2.45, 2.75) is 76.6 Å². The van der Waals surface area contributed by atoms with Crippen molar-refractivity contribution in [2.75, 3.05) is 78.1 Å². The molecule has 1 aliphatic carbocycles. The molecule has 4 aliphatic rings. The Morgan fingerprint density at radius 1 is 1.12 bits per heavy atom. The molecule has 10 nitrogen and oxygen atoms in total. The summed E-state index contributed by atoms with van der Waals surface area (Å²) in [6.07, 6.45) is 9.27. The van der Waals surface area contributed by atoms with Gasteiger partial charge in [-0.1, -0.05) is 50.1 Å². The number of nitrogens with one attached hydrogen (secondary N) is 2. The summed E-state index contributed by atoms with van der Waals surface area (Å²) in [4.78, 5) is 22.8. The van der Waals surface area contributed by atoms with Crippen LogP contribution < -0.4 is 19.7 Å². The number of nitrogens with zero attached hydrogens (tertiary/aromatic N) is 3. The van der Waals surface area contributed by atoms with Crippen molar-refractivity contribution in [3.8, 4) is 5.75 Å². The molecule has 6 unspecified atom stereocenters. The lowest BCUT2D eigenvalue weighted by Crippen LogP contribution is -2.50. The number of allylic oxidation sites excluding steroid dienone is 1. The van der Waals surface area contributed by atoms with E-state index in [-0.39, 0.29) is 22.8 Å². The average molecular weight is 758 g/mol. The van der Waals surface area contributed by atoms with Crippen LogP contribution in [0.4, 0.5) is 5.82 Å². The number of hydrogen-bond donors (Lipinski definition) is 2. The van der Waals surface area contributed by atoms with Crippen LogP contribution in [0.3, 0.4) is 0 Å². The fourth-order valence-electron chi connectivity index (χ4n) is 7.78. The second-order valence-corrected chi connectivity index (χ2v) is 17.0. The smallest absolute Gasteiger partial charge is 0.281 e. The first-order valence-corrected chi connectivity index (χ1v) is 20.7. The average Bonchev–Trinajstić information content (AvgIpc) is 3.31. The minimum absolute atomic E-state index is 0.1000. The molecule has 7 atom stereocenters. The monoisotopic (exact) mass is 757 g/mol. The van der Waals surface area contributed by atoms with Crippen LogP contribution >= 0.6 is 11.6 Å². The Morgan fingerprint density at radius 3 is 2.60 bits per heavy atom. The van der Waals surface area contributed by atoms with Gasteiger partial charge in [0.05, 0.1) is 24.1 Å². The Bertz CT molecular complexity index is 1540. The Labute approximate surface area is 319 Å². The van der Waals surface area contributed by atoms with Gasteiger partial charge in [-0.25, -0.2) is 9.19 Å². The van der Waals surface area contributed by atoms with Crippen LogP contribution in [0, 0.1) is 17.8 Å². The van der Waals surface area contributed by atoms with Crippen molar-refractivity contribution in [3.05, 3.63) is 64.3 Å². The number of amides is 1. The number of ether oxygens (including phenoxy) is 3. The van der Waals surface area contributed by atoms with Crippen LogP contribution in [-0.2, 0) is 26.9 Å². The van der Waals surface area contributed by atoms with Gasteiger partial charge in [0.2, 0.25) is 0 Å². The van der Waals surface area contributed by atoms with E-state index in [1.165, 1.54) is 24.2 Å². The van der Waals surface area contributed by atoms with E-state index < -0.39 is 22.5 Å². The molecule has 2 N–H and O–H groups in total. The molecule has 52 heavy (non-hydrogen) atoms. The van der Waals surface area contributed by atoms with Gasteiger partial charge in [-0.15, -0.1) is 0 Å². The van der Waals surface area contributed by atoms with E-state index in [9.17, 15) is 9.00 Å². The van der Waals surface area contributed by atoms with Crippen molar-refractivity contribution in [3.63, 3.8) is 0 Å². The van der Waals surface area contributed by atoms with Crippen LogP contribution in [0.25, 0.3) is 0 Å². The Balaban J connectivity index is 0.000000452. The Hall–Kier alpha value is -2.54. The minimum Gasteiger partial charge on any atom is -0.489 e. The van der Waals surface area contributed by atoms with Gasteiger partial charge in [-0.2, -0.15) is 0 Å². The predicted molar refractivity (Wildman–Crippen MR) is 211 cm³/mol. The lowest BCUT2D eigenvalue weighted by Gasteiger charge is -2.48. The van der Waals surface area contributed by atoms with Crippen LogP contribution in [0.15, 0.2) is 42.5 Å². The summed E-state index contributed by atoms with van der Waals surface area (Å²) in [6, 6.07) is 9.68. The molecule has 0 radical (unpaired) electrons. The highest BCUT2D eigenvalue weighted by molar-refractivity contribution is 7.84. The number of piperazine rings is 1. The van der Waals surface area contributed by atoms with Gasteiger partial charge < -0.3 is 24.4 Å². The molecule has 0 spiro atoms. The van der Waals surface area contributed by atoms with Gasteiger partial charge >= 0.3 is 0 Å². The standard InChI is InChI=1S/C33H44ClN3O4S.C7H16N2O/c1-6-8-23-17-26(34)11-12-27(23)25-19-37-18-24-10-13-28(24)33(4,40-5)16-7-9-21(2)22(3)42(39)36-32(38)29-14-15-30(41-20-25)31(37)35-29;1-10-7-6-9-4-2-8-3-5-9/h7,11-12,14-17,21-22,24-25,28H,6,8-10,13,18-20H2,1-5H3,(H,36,38);8H,2-7H2,1H3/b16-7+;/t21?,22?,24?,25?,28?,33-,42?;/m0./s1. The Morgan fingerprint density at radius 2 is 1.90 bits per heavy atom. The summed E-state index contributed by atoms with van der Waals surface area (Å²) >= 11 is 6.40. The third-order valence-corrected chi connectivity index (χ3v) is 13.2. The quantitative estimate of drug-likeness (QED) is 0.329. The number of aryl methyl sites for hydroxylation is 1. The van der Waals surface area contributed by atoms with Gasteiger partial charge in [0.1, 0.15) is 16.7 Å². The number of fused-ring (bicyclic) bond motifs is 2. The zero-order chi connectivity index (χ0) is 37.3. The third kappa shape index (κ3) is 10.2. The number of carbonyl (C=O) groups excluding carboxylic acids is 1. The molecule has 12 heteroatoms. The number of halogens is 1. The van der Waals surface area contributed by atoms with E-state index in [2.05, 4.69) is 64.9 Å². The van der Waals surface area contributed by atoms with Gasteiger partial charge in [0.15, 0.2) is 11.6 Å². The van der Waals surface area contributed by atoms with E-state index in [0.717, 1.165) is 69.9 Å². The minimum atomic E-state index is -1.55. The van der Waals surface area contributed by atoms with E-state index >= 15 is 0 Å². The van der Waals surface area contributed by atoms with Crippen LogP contribution in [0.1, 0.15) is 80.9 Å². The maximum Gasteiger partial charge on any atom is 0.281 e. The van der Waals surface area contributed by atoms with E-state index in [1.807, 2.05) is 19.1 Å². The van der Waals surface area contributed by atoms with E-state index in [4.69, 9.17) is 30.8 Å². The SMILES string of the molecule is CCCc1cc(Cl)ccc1C1COc2ccc3nc2N(C1)CC1CCC1[C@@](C)(OC)/C=C/CC(C)C(C)S(=O)NC3=O.COCCN1CCNCC1. The number of carbonyl (C=O) groups is 1. The lowest BCUT2D eigenvalue weighted by molar-refractivity contribution is -0.0621. The molecule has 1 saturated carbocycles. The van der Waals surface area contributed by atoms with Gasteiger partial charge in [-0.3, -0.25) is 14.4 Å². The molecule has 1 amide bonds. The van der Waals surface area contributed by atoms with Crippen molar-refractivity contribution in [1.29, 1.82) is 0 Å². The normalized spacial score (nSPS) is 30.4. The summed E-state index contributed by atoms with van der Waals surface area (Å²) in [6.45, 7) is 16.9. The molecule has 1 aromatic heterocycles. The molecule has 1 aromatic carbocycles. The zero-order valence-electron chi connectivity index (χ0n) is 32.0.